The Kier molecular flexibility index (Phi) is 6.08. The molecule has 164 valence electrons. The van der Waals surface area contributed by atoms with Crippen molar-refractivity contribution in [3.05, 3.63) is 42.2 Å². The first-order valence-electron chi connectivity index (χ1n) is 10.2. The highest BCUT2D eigenvalue weighted by atomic mass is 19.1. The van der Waals surface area contributed by atoms with Gasteiger partial charge in [0.15, 0.2) is 11.5 Å². The van der Waals surface area contributed by atoms with Crippen LogP contribution in [0.5, 0.6) is 11.5 Å². The molecule has 1 fully saturated rings. The Morgan fingerprint density at radius 2 is 1.81 bits per heavy atom. The minimum absolute atomic E-state index is 0.00127. The number of benzene rings is 2. The summed E-state index contributed by atoms with van der Waals surface area (Å²) >= 11 is 0. The van der Waals surface area contributed by atoms with Crippen molar-refractivity contribution in [1.29, 1.82) is 0 Å². The van der Waals surface area contributed by atoms with E-state index in [4.69, 9.17) is 19.2 Å². The Hall–Kier alpha value is -3.13. The van der Waals surface area contributed by atoms with Crippen LogP contribution < -0.4 is 9.47 Å². The summed E-state index contributed by atoms with van der Waals surface area (Å²) in [6, 6.07) is 10.4. The summed E-state index contributed by atoms with van der Waals surface area (Å²) in [6.07, 6.45) is 1.55. The SMILES string of the molecule is COCC(=O)N1CCC(n2c(-c3ccc(OC)c(OC)c3)nc3cc(F)ccc32)CC1. The number of fused-ring (bicyclic) bond motifs is 1. The fraction of sp³-hybridized carbons (Fsp3) is 0.391. The van der Waals surface area contributed by atoms with Gasteiger partial charge in [-0.05, 0) is 43.2 Å². The lowest BCUT2D eigenvalue weighted by atomic mass is 10.0. The average molecular weight is 427 g/mol. The predicted molar refractivity (Wildman–Crippen MR) is 115 cm³/mol. The number of aromatic nitrogens is 2. The van der Waals surface area contributed by atoms with Gasteiger partial charge < -0.3 is 23.7 Å². The quantitative estimate of drug-likeness (QED) is 0.601. The van der Waals surface area contributed by atoms with Crippen molar-refractivity contribution in [2.45, 2.75) is 18.9 Å². The molecule has 0 aliphatic carbocycles. The Bertz CT molecular complexity index is 1090. The third-order valence-electron chi connectivity index (χ3n) is 5.74. The highest BCUT2D eigenvalue weighted by Gasteiger charge is 2.27. The van der Waals surface area contributed by atoms with Gasteiger partial charge in [0.2, 0.25) is 5.91 Å². The van der Waals surface area contributed by atoms with Gasteiger partial charge in [-0.15, -0.1) is 0 Å². The largest absolute Gasteiger partial charge is 0.493 e. The maximum absolute atomic E-state index is 13.9. The number of imidazole rings is 1. The van der Waals surface area contributed by atoms with E-state index in [1.807, 2.05) is 23.1 Å². The molecular weight excluding hydrogens is 401 g/mol. The first-order valence-corrected chi connectivity index (χ1v) is 10.2. The van der Waals surface area contributed by atoms with E-state index in [-0.39, 0.29) is 24.4 Å². The third kappa shape index (κ3) is 4.07. The van der Waals surface area contributed by atoms with Gasteiger partial charge >= 0.3 is 0 Å². The third-order valence-corrected chi connectivity index (χ3v) is 5.74. The van der Waals surface area contributed by atoms with E-state index in [2.05, 4.69) is 4.57 Å². The number of carbonyl (C=O) groups is 1. The van der Waals surface area contributed by atoms with Crippen molar-refractivity contribution in [2.75, 3.05) is 41.0 Å². The Morgan fingerprint density at radius 3 is 2.48 bits per heavy atom. The number of methoxy groups -OCH3 is 3. The average Bonchev–Trinajstić information content (AvgIpc) is 3.17. The molecule has 0 N–H and O–H groups in total. The lowest BCUT2D eigenvalue weighted by Gasteiger charge is -2.33. The van der Waals surface area contributed by atoms with Gasteiger partial charge in [0, 0.05) is 37.9 Å². The molecule has 1 aromatic heterocycles. The molecule has 1 saturated heterocycles. The van der Waals surface area contributed by atoms with E-state index < -0.39 is 0 Å². The summed E-state index contributed by atoms with van der Waals surface area (Å²) in [5, 5.41) is 0. The number of hydrogen-bond donors (Lipinski definition) is 0. The van der Waals surface area contributed by atoms with Crippen LogP contribution in [0.4, 0.5) is 4.39 Å². The minimum atomic E-state index is -0.323. The van der Waals surface area contributed by atoms with Crippen molar-refractivity contribution < 1.29 is 23.4 Å². The molecule has 2 aromatic carbocycles. The van der Waals surface area contributed by atoms with E-state index in [1.54, 1.807) is 20.3 Å². The van der Waals surface area contributed by atoms with Gasteiger partial charge in [-0.25, -0.2) is 9.37 Å². The number of amides is 1. The Morgan fingerprint density at radius 1 is 1.06 bits per heavy atom. The van der Waals surface area contributed by atoms with Crippen molar-refractivity contribution in [3.8, 4) is 22.9 Å². The summed E-state index contributed by atoms with van der Waals surface area (Å²) in [5.41, 5.74) is 2.32. The first-order chi connectivity index (χ1) is 15.0. The fourth-order valence-electron chi connectivity index (χ4n) is 4.21. The van der Waals surface area contributed by atoms with E-state index in [0.717, 1.165) is 29.7 Å². The van der Waals surface area contributed by atoms with E-state index in [0.29, 0.717) is 30.1 Å². The molecule has 8 heteroatoms. The van der Waals surface area contributed by atoms with Crippen LogP contribution >= 0.6 is 0 Å². The van der Waals surface area contributed by atoms with Crippen LogP contribution in [0, 0.1) is 5.82 Å². The summed E-state index contributed by atoms with van der Waals surface area (Å²) < 4.78 is 31.9. The van der Waals surface area contributed by atoms with E-state index in [1.165, 1.54) is 19.2 Å². The number of halogens is 1. The zero-order valence-corrected chi connectivity index (χ0v) is 17.9. The summed E-state index contributed by atoms with van der Waals surface area (Å²) in [5.74, 6) is 1.65. The lowest BCUT2D eigenvalue weighted by molar-refractivity contribution is -0.136. The monoisotopic (exact) mass is 427 g/mol. The number of carbonyl (C=O) groups excluding carboxylic acids is 1. The van der Waals surface area contributed by atoms with Gasteiger partial charge in [0.05, 0.1) is 25.3 Å². The van der Waals surface area contributed by atoms with Gasteiger partial charge in [-0.1, -0.05) is 0 Å². The first kappa shape index (κ1) is 21.1. The molecule has 3 aromatic rings. The van der Waals surface area contributed by atoms with Crippen molar-refractivity contribution in [1.82, 2.24) is 14.5 Å². The van der Waals surface area contributed by atoms with Crippen LogP contribution in [0.15, 0.2) is 36.4 Å². The van der Waals surface area contributed by atoms with Crippen LogP contribution in [0.1, 0.15) is 18.9 Å². The fourth-order valence-corrected chi connectivity index (χ4v) is 4.21. The minimum Gasteiger partial charge on any atom is -0.493 e. The molecule has 0 atom stereocenters. The number of nitrogens with zero attached hydrogens (tertiary/aromatic N) is 3. The topological polar surface area (TPSA) is 65.8 Å². The van der Waals surface area contributed by atoms with Gasteiger partial charge in [-0.2, -0.15) is 0 Å². The summed E-state index contributed by atoms with van der Waals surface area (Å²) in [4.78, 5) is 18.8. The standard InChI is InChI=1S/C23H26FN3O4/c1-29-14-22(28)26-10-8-17(9-11-26)27-19-6-5-16(24)13-18(19)25-23(27)15-4-7-20(30-2)21(12-15)31-3/h4-7,12-13,17H,8-11,14H2,1-3H3. The molecule has 0 unspecified atom stereocenters. The number of piperidine rings is 1. The zero-order valence-electron chi connectivity index (χ0n) is 17.9. The molecule has 0 spiro atoms. The molecule has 0 bridgehead atoms. The number of rotatable bonds is 6. The second-order valence-electron chi connectivity index (χ2n) is 7.55. The van der Waals surface area contributed by atoms with Crippen LogP contribution in [-0.4, -0.2) is 61.4 Å². The van der Waals surface area contributed by atoms with Crippen molar-refractivity contribution in [3.63, 3.8) is 0 Å². The Balaban J connectivity index is 1.74. The molecule has 1 aliphatic rings. The summed E-state index contributed by atoms with van der Waals surface area (Å²) in [6.45, 7) is 1.37. The molecule has 0 saturated carbocycles. The highest BCUT2D eigenvalue weighted by Crippen LogP contribution is 2.37. The van der Waals surface area contributed by atoms with Gasteiger partial charge in [-0.3, -0.25) is 4.79 Å². The molecule has 7 nitrogen and oxygen atoms in total. The highest BCUT2D eigenvalue weighted by molar-refractivity contribution is 5.81. The van der Waals surface area contributed by atoms with Gasteiger partial charge in [0.1, 0.15) is 18.2 Å². The smallest absolute Gasteiger partial charge is 0.248 e. The Labute approximate surface area is 180 Å². The van der Waals surface area contributed by atoms with E-state index >= 15 is 0 Å². The normalized spacial score (nSPS) is 14.8. The molecule has 0 radical (unpaired) electrons. The molecule has 1 amide bonds. The maximum atomic E-state index is 13.9. The molecule has 4 rings (SSSR count). The number of hydrogen-bond acceptors (Lipinski definition) is 5. The number of likely N-dealkylation sites (tertiary alicyclic amines) is 1. The zero-order chi connectivity index (χ0) is 22.0. The molecular formula is C23H26FN3O4. The maximum Gasteiger partial charge on any atom is 0.248 e. The van der Waals surface area contributed by atoms with Crippen LogP contribution in [0.25, 0.3) is 22.4 Å². The van der Waals surface area contributed by atoms with Crippen LogP contribution in [0.2, 0.25) is 0 Å². The molecule has 1 aliphatic heterocycles. The molecule has 31 heavy (non-hydrogen) atoms. The lowest BCUT2D eigenvalue weighted by Crippen LogP contribution is -2.40. The van der Waals surface area contributed by atoms with Crippen LogP contribution in [0.3, 0.4) is 0 Å². The van der Waals surface area contributed by atoms with Crippen LogP contribution in [-0.2, 0) is 9.53 Å². The second-order valence-corrected chi connectivity index (χ2v) is 7.55. The molecule has 2 heterocycles. The predicted octanol–water partition coefficient (Wildman–Crippen LogP) is 3.67. The van der Waals surface area contributed by atoms with Gasteiger partial charge in [0.25, 0.3) is 0 Å². The number of ether oxygens (including phenoxy) is 3. The summed E-state index contributed by atoms with van der Waals surface area (Å²) in [7, 11) is 4.71. The van der Waals surface area contributed by atoms with Crippen molar-refractivity contribution in [2.24, 2.45) is 0 Å². The van der Waals surface area contributed by atoms with E-state index in [9.17, 15) is 9.18 Å². The second kappa shape index (κ2) is 8.93. The van der Waals surface area contributed by atoms with Crippen molar-refractivity contribution >= 4 is 16.9 Å².